The molecule has 12 heteroatoms. The van der Waals surface area contributed by atoms with Gasteiger partial charge in [-0.1, -0.05) is 23.7 Å². The van der Waals surface area contributed by atoms with E-state index in [1.807, 2.05) is 0 Å². The first-order valence-electron chi connectivity index (χ1n) is 7.54. The van der Waals surface area contributed by atoms with Crippen LogP contribution in [0.1, 0.15) is 0 Å². The zero-order valence-electron chi connectivity index (χ0n) is 13.3. The van der Waals surface area contributed by atoms with E-state index in [-0.39, 0.29) is 36.1 Å². The van der Waals surface area contributed by atoms with Crippen molar-refractivity contribution in [3.8, 4) is 0 Å². The maximum atomic E-state index is 12.8. The van der Waals surface area contributed by atoms with E-state index in [0.717, 1.165) is 6.07 Å². The number of sulfonamides is 1. The summed E-state index contributed by atoms with van der Waals surface area (Å²) in [6.45, 7) is 0.727. The molecule has 0 bridgehead atoms. The first kappa shape index (κ1) is 18.3. The molecular weight excluding hydrogens is 386 g/mol. The second-order valence-electron chi connectivity index (χ2n) is 5.51. The van der Waals surface area contributed by atoms with Crippen molar-refractivity contribution in [2.75, 3.05) is 31.1 Å². The SMILES string of the molecule is O=c1[nH]ncc(N2CCN(S(=O)(=O)c3ccccc3[N+](=O)[O-])CC2)c1Cl. The lowest BCUT2D eigenvalue weighted by Crippen LogP contribution is -2.49. The van der Waals surface area contributed by atoms with Gasteiger partial charge in [0.1, 0.15) is 5.02 Å². The standard InChI is InChI=1S/C14H14ClN5O5S/c15-13-11(9-16-17-14(13)21)18-5-7-19(8-6-18)26(24,25)12-4-2-1-3-10(12)20(22)23/h1-4,9H,5-8H2,(H,17,21). The number of nitrogens with zero attached hydrogens (tertiary/aromatic N) is 4. The van der Waals surface area contributed by atoms with Gasteiger partial charge in [0.25, 0.3) is 11.2 Å². The van der Waals surface area contributed by atoms with Gasteiger partial charge in [-0.3, -0.25) is 14.9 Å². The molecule has 0 aliphatic carbocycles. The first-order chi connectivity index (χ1) is 12.3. The summed E-state index contributed by atoms with van der Waals surface area (Å²) in [6.07, 6.45) is 1.40. The van der Waals surface area contributed by atoms with Gasteiger partial charge in [0.05, 0.1) is 16.8 Å². The number of H-pyrrole nitrogens is 1. The van der Waals surface area contributed by atoms with E-state index in [4.69, 9.17) is 11.6 Å². The van der Waals surface area contributed by atoms with Crippen LogP contribution in [-0.4, -0.2) is 54.0 Å². The van der Waals surface area contributed by atoms with E-state index in [1.54, 1.807) is 4.90 Å². The maximum Gasteiger partial charge on any atom is 0.289 e. The van der Waals surface area contributed by atoms with E-state index in [1.165, 1.54) is 28.7 Å². The number of nitro benzene ring substituents is 1. The number of aromatic nitrogens is 2. The number of para-hydroxylation sites is 1. The summed E-state index contributed by atoms with van der Waals surface area (Å²) < 4.78 is 26.8. The molecule has 1 aliphatic rings. The molecule has 1 aromatic carbocycles. The lowest BCUT2D eigenvalue weighted by atomic mass is 10.3. The topological polar surface area (TPSA) is 130 Å². The highest BCUT2D eigenvalue weighted by atomic mass is 35.5. The summed E-state index contributed by atoms with van der Waals surface area (Å²) >= 11 is 5.97. The molecule has 0 radical (unpaired) electrons. The summed E-state index contributed by atoms with van der Waals surface area (Å²) in [4.78, 5) is 23.4. The zero-order chi connectivity index (χ0) is 18.9. The van der Waals surface area contributed by atoms with E-state index < -0.39 is 26.2 Å². The van der Waals surface area contributed by atoms with Crippen molar-refractivity contribution < 1.29 is 13.3 Å². The third-order valence-electron chi connectivity index (χ3n) is 4.04. The number of hydrogen-bond donors (Lipinski definition) is 1. The maximum absolute atomic E-state index is 12.8. The highest BCUT2D eigenvalue weighted by Crippen LogP contribution is 2.28. The summed E-state index contributed by atoms with van der Waals surface area (Å²) in [6, 6.07) is 5.23. The molecule has 2 heterocycles. The van der Waals surface area contributed by atoms with E-state index in [2.05, 4.69) is 10.2 Å². The van der Waals surface area contributed by atoms with Crippen molar-refractivity contribution in [2.24, 2.45) is 0 Å². The molecule has 1 aliphatic heterocycles. The smallest absolute Gasteiger partial charge is 0.289 e. The van der Waals surface area contributed by atoms with Gasteiger partial charge in [0.2, 0.25) is 10.0 Å². The normalized spacial score (nSPS) is 15.8. The molecule has 138 valence electrons. The lowest BCUT2D eigenvalue weighted by molar-refractivity contribution is -0.387. The summed E-state index contributed by atoms with van der Waals surface area (Å²) in [7, 11) is -4.01. The fraction of sp³-hybridized carbons (Fsp3) is 0.286. The molecule has 26 heavy (non-hydrogen) atoms. The van der Waals surface area contributed by atoms with E-state index >= 15 is 0 Å². The molecule has 0 atom stereocenters. The van der Waals surface area contributed by atoms with Gasteiger partial charge < -0.3 is 4.90 Å². The van der Waals surface area contributed by atoms with Crippen molar-refractivity contribution in [3.05, 3.63) is 56.0 Å². The number of halogens is 1. The van der Waals surface area contributed by atoms with Crippen LogP contribution in [0.25, 0.3) is 0 Å². The predicted molar refractivity (Wildman–Crippen MR) is 93.9 cm³/mol. The van der Waals surface area contributed by atoms with Crippen LogP contribution in [0.4, 0.5) is 11.4 Å². The minimum absolute atomic E-state index is 0.0185. The second kappa shape index (κ2) is 7.02. The summed E-state index contributed by atoms with van der Waals surface area (Å²) in [5.41, 5.74) is -0.575. The van der Waals surface area contributed by atoms with Crippen LogP contribution < -0.4 is 10.5 Å². The van der Waals surface area contributed by atoms with Gasteiger partial charge in [0, 0.05) is 32.2 Å². The largest absolute Gasteiger partial charge is 0.366 e. The minimum Gasteiger partial charge on any atom is -0.366 e. The molecule has 1 fully saturated rings. The molecule has 1 saturated heterocycles. The minimum atomic E-state index is -4.01. The van der Waals surface area contributed by atoms with Gasteiger partial charge in [-0.15, -0.1) is 0 Å². The van der Waals surface area contributed by atoms with Crippen LogP contribution in [0.3, 0.4) is 0 Å². The van der Waals surface area contributed by atoms with Crippen LogP contribution in [0.15, 0.2) is 40.2 Å². The van der Waals surface area contributed by atoms with Crippen molar-refractivity contribution in [2.45, 2.75) is 4.90 Å². The van der Waals surface area contributed by atoms with Crippen molar-refractivity contribution in [3.63, 3.8) is 0 Å². The Morgan fingerprint density at radius 3 is 2.50 bits per heavy atom. The molecule has 1 N–H and O–H groups in total. The second-order valence-corrected chi connectivity index (χ2v) is 7.80. The molecule has 1 aromatic heterocycles. The third kappa shape index (κ3) is 3.28. The summed E-state index contributed by atoms with van der Waals surface area (Å²) in [5, 5.41) is 17.0. The molecule has 3 rings (SSSR count). The van der Waals surface area contributed by atoms with Crippen molar-refractivity contribution in [1.29, 1.82) is 0 Å². The Morgan fingerprint density at radius 2 is 1.85 bits per heavy atom. The Morgan fingerprint density at radius 1 is 1.19 bits per heavy atom. The number of rotatable bonds is 4. The van der Waals surface area contributed by atoms with Crippen LogP contribution >= 0.6 is 11.6 Å². The fourth-order valence-electron chi connectivity index (χ4n) is 2.73. The number of nitrogens with one attached hydrogen (secondary N) is 1. The van der Waals surface area contributed by atoms with Crippen molar-refractivity contribution >= 4 is 33.0 Å². The van der Waals surface area contributed by atoms with Gasteiger partial charge in [0.15, 0.2) is 4.90 Å². The van der Waals surface area contributed by atoms with Crippen LogP contribution in [0, 0.1) is 10.1 Å². The first-order valence-corrected chi connectivity index (χ1v) is 9.36. The molecule has 10 nitrogen and oxygen atoms in total. The average molecular weight is 400 g/mol. The van der Waals surface area contributed by atoms with Gasteiger partial charge in [-0.2, -0.15) is 9.40 Å². The van der Waals surface area contributed by atoms with Gasteiger partial charge >= 0.3 is 0 Å². The third-order valence-corrected chi connectivity index (χ3v) is 6.35. The predicted octanol–water partition coefficient (Wildman–Crippen LogP) is 0.842. The molecule has 0 saturated carbocycles. The monoisotopic (exact) mass is 399 g/mol. The molecular formula is C14H14ClN5O5S. The van der Waals surface area contributed by atoms with Crippen LogP contribution in [-0.2, 0) is 10.0 Å². The lowest BCUT2D eigenvalue weighted by Gasteiger charge is -2.35. The molecule has 0 unspecified atom stereocenters. The molecule has 2 aromatic rings. The number of aromatic amines is 1. The van der Waals surface area contributed by atoms with Gasteiger partial charge in [-0.25, -0.2) is 13.5 Å². The van der Waals surface area contributed by atoms with E-state index in [0.29, 0.717) is 5.69 Å². The number of piperazine rings is 1. The Hall–Kier alpha value is -2.50. The number of hydrogen-bond acceptors (Lipinski definition) is 7. The quantitative estimate of drug-likeness (QED) is 0.595. The Labute approximate surface area is 153 Å². The average Bonchev–Trinajstić information content (AvgIpc) is 2.64. The Kier molecular flexibility index (Phi) is 4.94. The molecule has 0 amide bonds. The summed E-state index contributed by atoms with van der Waals surface area (Å²) in [5.74, 6) is 0. The Bertz CT molecular complexity index is 1000. The highest BCUT2D eigenvalue weighted by molar-refractivity contribution is 7.89. The van der Waals surface area contributed by atoms with Gasteiger partial charge in [-0.05, 0) is 6.07 Å². The van der Waals surface area contributed by atoms with Crippen LogP contribution in [0.2, 0.25) is 5.02 Å². The highest BCUT2D eigenvalue weighted by Gasteiger charge is 2.34. The van der Waals surface area contributed by atoms with E-state index in [9.17, 15) is 23.3 Å². The Balaban J connectivity index is 1.83. The number of benzene rings is 1. The van der Waals surface area contributed by atoms with Crippen molar-refractivity contribution in [1.82, 2.24) is 14.5 Å². The number of nitro groups is 1. The number of anilines is 1. The molecule has 0 spiro atoms. The fourth-order valence-corrected chi connectivity index (χ4v) is 4.52. The van der Waals surface area contributed by atoms with Crippen LogP contribution in [0.5, 0.6) is 0 Å². The zero-order valence-corrected chi connectivity index (χ0v) is 14.9.